The molecule has 0 spiro atoms. The third kappa shape index (κ3) is 8.29. The van der Waals surface area contributed by atoms with Crippen molar-refractivity contribution in [3.8, 4) is 0 Å². The zero-order chi connectivity index (χ0) is 35.0. The molecule has 0 saturated carbocycles. The second-order valence-corrected chi connectivity index (χ2v) is 12.7. The third-order valence-corrected chi connectivity index (χ3v) is 8.77. The Bertz CT molecular complexity index is 1590. The van der Waals surface area contributed by atoms with Crippen LogP contribution in [0.15, 0.2) is 84.0 Å². The van der Waals surface area contributed by atoms with Crippen molar-refractivity contribution in [2.75, 3.05) is 29.5 Å². The molecule has 2 heterocycles. The van der Waals surface area contributed by atoms with Crippen molar-refractivity contribution in [3.63, 3.8) is 0 Å². The maximum absolute atomic E-state index is 14.1. The largest absolute Gasteiger partial charge is 0.441 e. The van der Waals surface area contributed by atoms with E-state index in [4.69, 9.17) is 4.74 Å². The van der Waals surface area contributed by atoms with Crippen LogP contribution in [0.25, 0.3) is 0 Å². The molecule has 2 N–H and O–H groups in total. The normalized spacial score (nSPS) is 19.6. The molecule has 0 aromatic heterocycles. The number of allylic oxidation sites excluding steroid dienone is 3. The highest BCUT2D eigenvalue weighted by Crippen LogP contribution is 2.47. The molecule has 2 aliphatic rings. The van der Waals surface area contributed by atoms with E-state index in [-0.39, 0.29) is 44.4 Å². The number of hydrogen-bond donors (Lipinski definition) is 2. The summed E-state index contributed by atoms with van der Waals surface area (Å²) in [6.07, 6.45) is 8.47. The monoisotopic (exact) mass is 657 g/mol. The molecule has 2 aliphatic heterocycles. The summed E-state index contributed by atoms with van der Waals surface area (Å²) in [6, 6.07) is 14.5. The van der Waals surface area contributed by atoms with Gasteiger partial charge in [0.05, 0.1) is 18.7 Å². The van der Waals surface area contributed by atoms with Gasteiger partial charge in [0.15, 0.2) is 11.8 Å². The van der Waals surface area contributed by atoms with E-state index in [1.807, 2.05) is 43.3 Å². The molecular weight excluding hydrogens is 610 g/mol. The number of ether oxygens (including phenoxy) is 1. The topological polar surface area (TPSA) is 128 Å². The summed E-state index contributed by atoms with van der Waals surface area (Å²) in [5.41, 5.74) is 2.55. The Balaban J connectivity index is 1.60. The van der Waals surface area contributed by atoms with E-state index in [1.165, 1.54) is 17.4 Å². The number of rotatable bonds is 15. The van der Waals surface area contributed by atoms with Gasteiger partial charge < -0.3 is 24.7 Å². The van der Waals surface area contributed by atoms with E-state index in [1.54, 1.807) is 47.1 Å². The Hall–Kier alpha value is -4.54. The molecule has 2 aromatic rings. The molecule has 256 valence electrons. The van der Waals surface area contributed by atoms with Crippen molar-refractivity contribution >= 4 is 35.1 Å². The summed E-state index contributed by atoms with van der Waals surface area (Å²) in [4.78, 5) is 56.0. The first-order valence-corrected chi connectivity index (χ1v) is 16.4. The van der Waals surface area contributed by atoms with Gasteiger partial charge in [0, 0.05) is 50.1 Å². The van der Waals surface area contributed by atoms with Gasteiger partial charge in [-0.1, -0.05) is 72.7 Å². The van der Waals surface area contributed by atoms with E-state index in [2.05, 4.69) is 19.9 Å². The van der Waals surface area contributed by atoms with Gasteiger partial charge in [-0.25, -0.2) is 0 Å². The summed E-state index contributed by atoms with van der Waals surface area (Å²) in [7, 11) is 0. The van der Waals surface area contributed by atoms with E-state index < -0.39 is 29.6 Å². The number of carbonyl (C=O) groups is 4. The fourth-order valence-corrected chi connectivity index (χ4v) is 6.05. The second-order valence-electron chi connectivity index (χ2n) is 12.7. The van der Waals surface area contributed by atoms with Gasteiger partial charge in [0.25, 0.3) is 5.91 Å². The first kappa shape index (κ1) is 36.3. The Morgan fingerprint density at radius 1 is 1.08 bits per heavy atom. The minimum absolute atomic E-state index is 0.0119. The highest BCUT2D eigenvalue weighted by Gasteiger charge is 2.53. The predicted molar refractivity (Wildman–Crippen MR) is 185 cm³/mol. The molecule has 1 unspecified atom stereocenters. The molecule has 10 heteroatoms. The minimum atomic E-state index is -1.99. The minimum Gasteiger partial charge on any atom is -0.441 e. The van der Waals surface area contributed by atoms with Gasteiger partial charge >= 0.3 is 5.97 Å². The van der Waals surface area contributed by atoms with Crippen LogP contribution in [0, 0.1) is 5.92 Å². The number of nitrogens with zero attached hydrogens (tertiary/aromatic N) is 3. The third-order valence-electron chi connectivity index (χ3n) is 8.77. The molecule has 2 aromatic carbocycles. The Labute approximate surface area is 283 Å². The number of benzene rings is 2. The number of hydrogen-bond acceptors (Lipinski definition) is 7. The standard InChI is InChI=1S/C38H47N3O7/c1-26(2)11-9-12-27(3)19-20-40-33-18-17-31(41-35(45)24-36(41)48-29(5)43)23-32(33)38(47,37(40)46)28(4)13-10-16-34(44)39(21-22-42)25-30-14-7-6-8-15-30/h6-8,10-11,13-15,17-19,23,28,36,42,47H,9,12,16,20-22,24-25H2,1-5H3/b13-10+,27-19+/t28-,36?,38+/m0/s1. The van der Waals surface area contributed by atoms with Gasteiger partial charge in [0.2, 0.25) is 11.8 Å². The highest BCUT2D eigenvalue weighted by atomic mass is 16.6. The first-order valence-electron chi connectivity index (χ1n) is 16.4. The summed E-state index contributed by atoms with van der Waals surface area (Å²) in [5.74, 6) is -2.22. The summed E-state index contributed by atoms with van der Waals surface area (Å²) in [5, 5.41) is 21.8. The van der Waals surface area contributed by atoms with E-state index in [0.29, 0.717) is 23.5 Å². The van der Waals surface area contributed by atoms with Crippen molar-refractivity contribution in [2.24, 2.45) is 5.92 Å². The predicted octanol–water partition coefficient (Wildman–Crippen LogP) is 5.14. The van der Waals surface area contributed by atoms with Crippen molar-refractivity contribution in [3.05, 3.63) is 95.1 Å². The molecule has 1 saturated heterocycles. The van der Waals surface area contributed by atoms with Crippen LogP contribution in [0.2, 0.25) is 0 Å². The molecular formula is C38H47N3O7. The Morgan fingerprint density at radius 3 is 2.46 bits per heavy atom. The number of aliphatic hydroxyl groups excluding tert-OH is 1. The quantitative estimate of drug-likeness (QED) is 0.154. The van der Waals surface area contributed by atoms with Crippen LogP contribution >= 0.6 is 0 Å². The van der Waals surface area contributed by atoms with Crippen LogP contribution in [0.1, 0.15) is 71.4 Å². The number of β-lactam (4-membered cyclic amide) rings is 1. The number of carbonyl (C=O) groups excluding carboxylic acids is 4. The number of anilines is 2. The summed E-state index contributed by atoms with van der Waals surface area (Å²) < 4.78 is 5.30. The maximum Gasteiger partial charge on any atom is 0.304 e. The average Bonchev–Trinajstić information content (AvgIpc) is 3.25. The molecule has 48 heavy (non-hydrogen) atoms. The number of fused-ring (bicyclic) bond motifs is 1. The highest BCUT2D eigenvalue weighted by molar-refractivity contribution is 6.09. The van der Waals surface area contributed by atoms with Crippen molar-refractivity contribution in [1.82, 2.24) is 4.90 Å². The Kier molecular flexibility index (Phi) is 12.1. The van der Waals surface area contributed by atoms with Crippen molar-refractivity contribution < 1.29 is 34.1 Å². The maximum atomic E-state index is 14.1. The van der Waals surface area contributed by atoms with E-state index in [0.717, 1.165) is 24.0 Å². The lowest BCUT2D eigenvalue weighted by molar-refractivity contribution is -0.154. The molecule has 3 amide bonds. The van der Waals surface area contributed by atoms with Gasteiger partial charge in [0.1, 0.15) is 0 Å². The van der Waals surface area contributed by atoms with Crippen LogP contribution in [-0.2, 0) is 36.1 Å². The second kappa shape index (κ2) is 16.0. The molecule has 4 rings (SSSR count). The Morgan fingerprint density at radius 2 is 1.81 bits per heavy atom. The van der Waals surface area contributed by atoms with Crippen LogP contribution in [0.4, 0.5) is 11.4 Å². The average molecular weight is 658 g/mol. The fourth-order valence-electron chi connectivity index (χ4n) is 6.05. The lowest BCUT2D eigenvalue weighted by Gasteiger charge is -2.39. The van der Waals surface area contributed by atoms with Crippen molar-refractivity contribution in [1.29, 1.82) is 0 Å². The lowest BCUT2D eigenvalue weighted by atomic mass is 9.82. The summed E-state index contributed by atoms with van der Waals surface area (Å²) >= 11 is 0. The molecule has 3 atom stereocenters. The number of esters is 1. The molecule has 0 radical (unpaired) electrons. The SMILES string of the molecule is CC(=O)OC1CC(=O)N1c1ccc2c(c1)[C@](O)([C@@H](C)/C=C/CC(=O)N(CCO)Cc1ccccc1)C(=O)N2C/C=C(\C)CCC=C(C)C. The van der Waals surface area contributed by atoms with Crippen LogP contribution in [0.5, 0.6) is 0 Å². The van der Waals surface area contributed by atoms with Gasteiger partial charge in [-0.05, 0) is 57.4 Å². The smallest absolute Gasteiger partial charge is 0.304 e. The van der Waals surface area contributed by atoms with E-state index >= 15 is 0 Å². The zero-order valence-electron chi connectivity index (χ0n) is 28.5. The van der Waals surface area contributed by atoms with Gasteiger partial charge in [-0.2, -0.15) is 0 Å². The van der Waals surface area contributed by atoms with Gasteiger partial charge in [-0.3, -0.25) is 24.1 Å². The summed E-state index contributed by atoms with van der Waals surface area (Å²) in [6.45, 7) is 9.70. The van der Waals surface area contributed by atoms with Gasteiger partial charge in [-0.15, -0.1) is 0 Å². The van der Waals surface area contributed by atoms with E-state index in [9.17, 15) is 29.4 Å². The van der Waals surface area contributed by atoms with Crippen LogP contribution in [-0.4, -0.2) is 64.7 Å². The van der Waals surface area contributed by atoms with Crippen LogP contribution in [0.3, 0.4) is 0 Å². The number of amides is 3. The van der Waals surface area contributed by atoms with Crippen molar-refractivity contribution in [2.45, 2.75) is 78.7 Å². The molecule has 10 nitrogen and oxygen atoms in total. The molecule has 0 aliphatic carbocycles. The first-order chi connectivity index (χ1) is 22.9. The fraction of sp³-hybridized carbons (Fsp3) is 0.421. The lowest BCUT2D eigenvalue weighted by Crippen LogP contribution is -2.55. The van der Waals surface area contributed by atoms with Crippen LogP contribution < -0.4 is 9.80 Å². The number of aliphatic hydroxyl groups is 2. The zero-order valence-corrected chi connectivity index (χ0v) is 28.5. The molecule has 1 fully saturated rings. The molecule has 0 bridgehead atoms.